The summed E-state index contributed by atoms with van der Waals surface area (Å²) in [6.07, 6.45) is 8.69. The summed E-state index contributed by atoms with van der Waals surface area (Å²) in [6, 6.07) is 12.6. The smallest absolute Gasteiger partial charge is 0.313 e. The number of rotatable bonds is 10. The van der Waals surface area contributed by atoms with E-state index in [2.05, 4.69) is 51.7 Å². The highest BCUT2D eigenvalue weighted by molar-refractivity contribution is 5.78. The summed E-state index contributed by atoms with van der Waals surface area (Å²) in [5.41, 5.74) is 5.70. The van der Waals surface area contributed by atoms with Crippen LogP contribution in [0.4, 0.5) is 0 Å². The monoisotopic (exact) mass is 474 g/mol. The van der Waals surface area contributed by atoms with Crippen molar-refractivity contribution in [3.63, 3.8) is 0 Å². The molecule has 0 amide bonds. The molecule has 188 valence electrons. The molecule has 1 atom stereocenters. The molecule has 2 aromatic rings. The van der Waals surface area contributed by atoms with E-state index in [9.17, 15) is 4.79 Å². The highest BCUT2D eigenvalue weighted by atomic mass is 16.5. The summed E-state index contributed by atoms with van der Waals surface area (Å²) < 4.78 is 11.3. The lowest BCUT2D eigenvalue weighted by Gasteiger charge is -2.33. The lowest BCUT2D eigenvalue weighted by molar-refractivity contribution is -0.145. The third-order valence-corrected chi connectivity index (χ3v) is 7.02. The van der Waals surface area contributed by atoms with Gasteiger partial charge in [0.25, 0.3) is 0 Å². The van der Waals surface area contributed by atoms with E-state index in [4.69, 9.17) is 9.47 Å². The van der Waals surface area contributed by atoms with E-state index in [1.807, 2.05) is 31.2 Å². The van der Waals surface area contributed by atoms with E-state index >= 15 is 0 Å². The molecule has 1 unspecified atom stereocenters. The van der Waals surface area contributed by atoms with E-state index < -0.39 is 0 Å². The van der Waals surface area contributed by atoms with Gasteiger partial charge in [0.05, 0.1) is 19.1 Å². The van der Waals surface area contributed by atoms with Crippen LogP contribution in [0, 0.1) is 11.8 Å². The topological polar surface area (TPSA) is 35.5 Å². The standard InChI is InChI=1S/C32H42O3/c1-6-9-10-11-13-26-23-30-29(32(4,5)20-21-35-30)22-27(26)19-16-24-14-17-25(18-15-24)28(12-7-2)31(33)34-8-3/h14-15,17-18,22-23,28H,6-13,20-21H2,1-5H3. The Bertz CT molecular complexity index is 1040. The minimum atomic E-state index is -0.209. The minimum absolute atomic E-state index is 0.0911. The van der Waals surface area contributed by atoms with Gasteiger partial charge in [0.2, 0.25) is 0 Å². The van der Waals surface area contributed by atoms with Crippen molar-refractivity contribution < 1.29 is 14.3 Å². The number of fused-ring (bicyclic) bond motifs is 1. The van der Waals surface area contributed by atoms with Crippen LogP contribution in [0.15, 0.2) is 36.4 Å². The van der Waals surface area contributed by atoms with Crippen molar-refractivity contribution in [2.24, 2.45) is 0 Å². The van der Waals surface area contributed by atoms with Crippen molar-refractivity contribution in [1.29, 1.82) is 0 Å². The molecule has 0 aliphatic carbocycles. The van der Waals surface area contributed by atoms with Crippen LogP contribution in [-0.4, -0.2) is 19.2 Å². The number of ether oxygens (including phenoxy) is 2. The number of carbonyl (C=O) groups is 1. The van der Waals surface area contributed by atoms with Gasteiger partial charge in [-0.05, 0) is 73.4 Å². The van der Waals surface area contributed by atoms with Crippen LogP contribution in [0.2, 0.25) is 0 Å². The lowest BCUT2D eigenvalue weighted by Crippen LogP contribution is -2.27. The Morgan fingerprint density at radius 1 is 1.03 bits per heavy atom. The molecule has 3 nitrogen and oxygen atoms in total. The molecule has 3 rings (SSSR count). The van der Waals surface area contributed by atoms with Gasteiger partial charge >= 0.3 is 5.97 Å². The summed E-state index contributed by atoms with van der Waals surface area (Å²) in [4.78, 5) is 12.4. The normalized spacial score (nSPS) is 14.8. The Kier molecular flexibility index (Phi) is 9.84. The summed E-state index contributed by atoms with van der Waals surface area (Å²) in [6.45, 7) is 12.0. The zero-order valence-electron chi connectivity index (χ0n) is 22.3. The Hall–Kier alpha value is -2.73. The first-order valence-electron chi connectivity index (χ1n) is 13.5. The first-order valence-corrected chi connectivity index (χ1v) is 13.5. The molecule has 1 aliphatic rings. The Labute approximate surface area is 212 Å². The van der Waals surface area contributed by atoms with Crippen molar-refractivity contribution in [3.8, 4) is 17.6 Å². The molecule has 0 saturated carbocycles. The molecular formula is C32H42O3. The van der Waals surface area contributed by atoms with Gasteiger partial charge in [-0.2, -0.15) is 0 Å². The third-order valence-electron chi connectivity index (χ3n) is 7.02. The second-order valence-corrected chi connectivity index (χ2v) is 10.3. The number of hydrogen-bond donors (Lipinski definition) is 0. The average Bonchev–Trinajstić information content (AvgIpc) is 2.84. The van der Waals surface area contributed by atoms with E-state index in [1.54, 1.807) is 0 Å². The molecule has 0 N–H and O–H groups in total. The number of esters is 1. The second kappa shape index (κ2) is 12.8. The quantitative estimate of drug-likeness (QED) is 0.201. The zero-order chi connectivity index (χ0) is 25.3. The number of unbranched alkanes of at least 4 members (excludes halogenated alkanes) is 3. The zero-order valence-corrected chi connectivity index (χ0v) is 22.3. The van der Waals surface area contributed by atoms with Gasteiger partial charge in [-0.1, -0.05) is 77.4 Å². The number of carbonyl (C=O) groups excluding carboxylic acids is 1. The van der Waals surface area contributed by atoms with Crippen molar-refractivity contribution in [1.82, 2.24) is 0 Å². The molecule has 0 spiro atoms. The van der Waals surface area contributed by atoms with Crippen LogP contribution in [0.1, 0.15) is 113 Å². The van der Waals surface area contributed by atoms with Gasteiger partial charge in [0, 0.05) is 16.7 Å². The molecule has 0 saturated heterocycles. The molecule has 0 fully saturated rings. The lowest BCUT2D eigenvalue weighted by atomic mass is 9.78. The van der Waals surface area contributed by atoms with Crippen LogP contribution in [0.3, 0.4) is 0 Å². The third kappa shape index (κ3) is 7.14. The molecule has 3 heteroatoms. The maximum Gasteiger partial charge on any atom is 0.313 e. The largest absolute Gasteiger partial charge is 0.493 e. The van der Waals surface area contributed by atoms with E-state index in [0.717, 1.165) is 54.7 Å². The molecule has 35 heavy (non-hydrogen) atoms. The summed E-state index contributed by atoms with van der Waals surface area (Å²) in [5.74, 6) is 7.54. The van der Waals surface area contributed by atoms with Gasteiger partial charge in [0.1, 0.15) is 5.75 Å². The predicted molar refractivity (Wildman–Crippen MR) is 144 cm³/mol. The minimum Gasteiger partial charge on any atom is -0.493 e. The molecular weight excluding hydrogens is 432 g/mol. The van der Waals surface area contributed by atoms with Crippen LogP contribution in [0.25, 0.3) is 0 Å². The van der Waals surface area contributed by atoms with Crippen LogP contribution in [0.5, 0.6) is 5.75 Å². The molecule has 1 heterocycles. The molecule has 0 radical (unpaired) electrons. The Morgan fingerprint density at radius 2 is 1.80 bits per heavy atom. The van der Waals surface area contributed by atoms with Gasteiger partial charge < -0.3 is 9.47 Å². The first kappa shape index (κ1) is 26.9. The predicted octanol–water partition coefficient (Wildman–Crippen LogP) is 7.72. The Balaban J connectivity index is 1.88. The van der Waals surface area contributed by atoms with Crippen molar-refractivity contribution in [3.05, 3.63) is 64.2 Å². The van der Waals surface area contributed by atoms with Gasteiger partial charge in [0.15, 0.2) is 0 Å². The van der Waals surface area contributed by atoms with E-state index in [1.165, 1.54) is 36.8 Å². The maximum absolute atomic E-state index is 12.4. The Morgan fingerprint density at radius 3 is 2.49 bits per heavy atom. The van der Waals surface area contributed by atoms with Crippen LogP contribution >= 0.6 is 0 Å². The fourth-order valence-corrected chi connectivity index (χ4v) is 4.78. The summed E-state index contributed by atoms with van der Waals surface area (Å²) in [5, 5.41) is 0. The highest BCUT2D eigenvalue weighted by Crippen LogP contribution is 2.40. The maximum atomic E-state index is 12.4. The SMILES string of the molecule is CCCCCCc1cc2c(cc1C#Cc1ccc(C(CCC)C(=O)OCC)cc1)C(C)(C)CCO2. The van der Waals surface area contributed by atoms with Crippen LogP contribution < -0.4 is 4.74 Å². The second-order valence-electron chi connectivity index (χ2n) is 10.3. The molecule has 1 aliphatic heterocycles. The van der Waals surface area contributed by atoms with Gasteiger partial charge in [-0.25, -0.2) is 0 Å². The fraction of sp³-hybridized carbons (Fsp3) is 0.531. The van der Waals surface area contributed by atoms with Gasteiger partial charge in [-0.15, -0.1) is 0 Å². The van der Waals surface area contributed by atoms with E-state index in [-0.39, 0.29) is 17.3 Å². The van der Waals surface area contributed by atoms with Crippen molar-refractivity contribution >= 4 is 5.97 Å². The number of hydrogen-bond acceptors (Lipinski definition) is 3. The highest BCUT2D eigenvalue weighted by Gasteiger charge is 2.29. The molecule has 2 aromatic carbocycles. The first-order chi connectivity index (χ1) is 16.9. The summed E-state index contributed by atoms with van der Waals surface area (Å²) in [7, 11) is 0. The number of aryl methyl sites for hydroxylation is 1. The molecule has 0 bridgehead atoms. The van der Waals surface area contributed by atoms with Crippen LogP contribution in [-0.2, 0) is 21.4 Å². The molecule has 0 aromatic heterocycles. The van der Waals surface area contributed by atoms with Crippen molar-refractivity contribution in [2.45, 2.75) is 97.3 Å². The number of benzene rings is 2. The van der Waals surface area contributed by atoms with Gasteiger partial charge in [-0.3, -0.25) is 4.79 Å². The van der Waals surface area contributed by atoms with E-state index in [0.29, 0.717) is 6.61 Å². The average molecular weight is 475 g/mol. The fourth-order valence-electron chi connectivity index (χ4n) is 4.78. The summed E-state index contributed by atoms with van der Waals surface area (Å²) >= 11 is 0. The van der Waals surface area contributed by atoms with Crippen molar-refractivity contribution in [2.75, 3.05) is 13.2 Å².